The van der Waals surface area contributed by atoms with Gasteiger partial charge in [0.2, 0.25) is 5.75 Å². The minimum Gasteiger partial charge on any atom is -0.504 e. The predicted molar refractivity (Wildman–Crippen MR) is 56.9 cm³/mol. The van der Waals surface area contributed by atoms with Crippen molar-refractivity contribution < 1.29 is 24.5 Å². The molecule has 0 spiro atoms. The Morgan fingerprint density at radius 2 is 1.94 bits per heavy atom. The number of hydrogen-bond acceptors (Lipinski definition) is 5. The number of hydrogen-bond donors (Lipinski definition) is 2. The van der Waals surface area contributed by atoms with E-state index in [1.54, 1.807) is 13.8 Å². The second-order valence-electron chi connectivity index (χ2n) is 3.50. The molecule has 0 bridgehead atoms. The van der Waals surface area contributed by atoms with Crippen molar-refractivity contribution in [3.8, 4) is 17.2 Å². The van der Waals surface area contributed by atoms with Crippen LogP contribution >= 0.6 is 0 Å². The maximum atomic E-state index is 11.2. The highest BCUT2D eigenvalue weighted by Crippen LogP contribution is 2.37. The molecule has 0 atom stereocenters. The van der Waals surface area contributed by atoms with Gasteiger partial charge in [0.1, 0.15) is 0 Å². The van der Waals surface area contributed by atoms with Crippen LogP contribution in [0.1, 0.15) is 24.2 Å². The number of benzene rings is 1. The third-order valence-corrected chi connectivity index (χ3v) is 1.84. The zero-order valence-electron chi connectivity index (χ0n) is 9.35. The van der Waals surface area contributed by atoms with Gasteiger partial charge in [0, 0.05) is 0 Å². The van der Waals surface area contributed by atoms with Crippen molar-refractivity contribution in [2.24, 2.45) is 0 Å². The summed E-state index contributed by atoms with van der Waals surface area (Å²) in [7, 11) is 1.23. The molecule has 5 nitrogen and oxygen atoms in total. The van der Waals surface area contributed by atoms with Crippen molar-refractivity contribution in [2.75, 3.05) is 7.11 Å². The molecule has 0 radical (unpaired) electrons. The molecule has 0 saturated heterocycles. The van der Waals surface area contributed by atoms with Crippen LogP contribution in [0.5, 0.6) is 17.2 Å². The third-order valence-electron chi connectivity index (χ3n) is 1.84. The molecule has 2 N–H and O–H groups in total. The van der Waals surface area contributed by atoms with Crippen molar-refractivity contribution in [1.29, 1.82) is 0 Å². The van der Waals surface area contributed by atoms with Crippen LogP contribution in [0.15, 0.2) is 12.1 Å². The molecule has 16 heavy (non-hydrogen) atoms. The van der Waals surface area contributed by atoms with Gasteiger partial charge in [-0.15, -0.1) is 0 Å². The van der Waals surface area contributed by atoms with Crippen LogP contribution < -0.4 is 4.74 Å². The number of phenolic OH excluding ortho intramolecular Hbond substituents is 2. The van der Waals surface area contributed by atoms with Crippen molar-refractivity contribution >= 4 is 5.97 Å². The lowest BCUT2D eigenvalue weighted by atomic mass is 10.2. The number of carbonyl (C=O) groups excluding carboxylic acids is 1. The Balaban J connectivity index is 3.16. The normalized spacial score (nSPS) is 10.2. The quantitative estimate of drug-likeness (QED) is 0.605. The number of aromatic hydroxyl groups is 2. The summed E-state index contributed by atoms with van der Waals surface area (Å²) in [5.41, 5.74) is 0.119. The summed E-state index contributed by atoms with van der Waals surface area (Å²) in [6.07, 6.45) is -0.182. The molecule has 0 amide bonds. The Morgan fingerprint density at radius 3 is 2.44 bits per heavy atom. The summed E-state index contributed by atoms with van der Waals surface area (Å²) in [6, 6.07) is 2.44. The number of ether oxygens (including phenoxy) is 2. The first kappa shape index (κ1) is 12.2. The first-order chi connectivity index (χ1) is 7.45. The van der Waals surface area contributed by atoms with E-state index in [-0.39, 0.29) is 23.2 Å². The fourth-order valence-electron chi connectivity index (χ4n) is 1.17. The fraction of sp³-hybridized carbons (Fsp3) is 0.364. The first-order valence-corrected chi connectivity index (χ1v) is 4.76. The lowest BCUT2D eigenvalue weighted by Gasteiger charge is -2.13. The first-order valence-electron chi connectivity index (χ1n) is 4.76. The zero-order valence-corrected chi connectivity index (χ0v) is 9.35. The van der Waals surface area contributed by atoms with E-state index in [2.05, 4.69) is 4.74 Å². The van der Waals surface area contributed by atoms with Crippen molar-refractivity contribution in [1.82, 2.24) is 0 Å². The lowest BCUT2D eigenvalue weighted by molar-refractivity contribution is 0.0599. The zero-order chi connectivity index (χ0) is 12.3. The molecule has 0 heterocycles. The second-order valence-corrected chi connectivity index (χ2v) is 3.50. The van der Waals surface area contributed by atoms with Crippen molar-refractivity contribution in [2.45, 2.75) is 20.0 Å². The fourth-order valence-corrected chi connectivity index (χ4v) is 1.17. The Kier molecular flexibility index (Phi) is 3.60. The molecule has 0 aliphatic rings. The maximum Gasteiger partial charge on any atom is 0.338 e. The van der Waals surface area contributed by atoms with E-state index in [4.69, 9.17) is 4.74 Å². The summed E-state index contributed by atoms with van der Waals surface area (Å²) in [4.78, 5) is 11.2. The molecule has 0 fully saturated rings. The number of methoxy groups -OCH3 is 1. The van der Waals surface area contributed by atoms with Gasteiger partial charge < -0.3 is 19.7 Å². The SMILES string of the molecule is COC(=O)c1cc(O)c(O)c(OC(C)C)c1. The Hall–Kier alpha value is -1.91. The molecule has 0 unspecified atom stereocenters. The molecular weight excluding hydrogens is 212 g/mol. The van der Waals surface area contributed by atoms with Crippen LogP contribution in [0.4, 0.5) is 0 Å². The number of phenols is 2. The van der Waals surface area contributed by atoms with Gasteiger partial charge >= 0.3 is 5.97 Å². The molecule has 1 aromatic rings. The van der Waals surface area contributed by atoms with Crippen molar-refractivity contribution in [3.05, 3.63) is 17.7 Å². The molecular formula is C11H14O5. The smallest absolute Gasteiger partial charge is 0.338 e. The third kappa shape index (κ3) is 2.56. The topological polar surface area (TPSA) is 76.0 Å². The van der Waals surface area contributed by atoms with Crippen LogP contribution in [0.2, 0.25) is 0 Å². The number of esters is 1. The van der Waals surface area contributed by atoms with E-state index < -0.39 is 11.7 Å². The van der Waals surface area contributed by atoms with Crippen molar-refractivity contribution in [3.63, 3.8) is 0 Å². The average Bonchev–Trinajstić information content (AvgIpc) is 2.22. The van der Waals surface area contributed by atoms with Gasteiger partial charge in [-0.1, -0.05) is 0 Å². The van der Waals surface area contributed by atoms with Gasteiger partial charge in [-0.3, -0.25) is 0 Å². The molecule has 5 heteroatoms. The Morgan fingerprint density at radius 1 is 1.31 bits per heavy atom. The van der Waals surface area contributed by atoms with Gasteiger partial charge in [-0.05, 0) is 26.0 Å². The monoisotopic (exact) mass is 226 g/mol. The second kappa shape index (κ2) is 4.74. The number of carbonyl (C=O) groups is 1. The minimum atomic E-state index is -0.607. The van der Waals surface area contributed by atoms with Gasteiger partial charge in [0.25, 0.3) is 0 Å². The highest BCUT2D eigenvalue weighted by Gasteiger charge is 2.15. The molecule has 88 valence electrons. The Labute approximate surface area is 93.2 Å². The maximum absolute atomic E-state index is 11.2. The van der Waals surface area contributed by atoms with Gasteiger partial charge in [-0.25, -0.2) is 4.79 Å². The summed E-state index contributed by atoms with van der Waals surface area (Å²) < 4.78 is 9.75. The average molecular weight is 226 g/mol. The van der Waals surface area contributed by atoms with E-state index >= 15 is 0 Å². The largest absolute Gasteiger partial charge is 0.504 e. The summed E-state index contributed by atoms with van der Waals surface area (Å²) >= 11 is 0. The molecule has 0 aliphatic heterocycles. The van der Waals surface area contributed by atoms with Crippen LogP contribution in [0.25, 0.3) is 0 Å². The van der Waals surface area contributed by atoms with E-state index in [1.165, 1.54) is 13.2 Å². The van der Waals surface area contributed by atoms with Gasteiger partial charge in [0.15, 0.2) is 11.5 Å². The molecule has 0 aliphatic carbocycles. The predicted octanol–water partition coefficient (Wildman–Crippen LogP) is 1.67. The molecule has 1 aromatic carbocycles. The molecule has 0 saturated carbocycles. The van der Waals surface area contributed by atoms with E-state index in [1.807, 2.05) is 0 Å². The number of rotatable bonds is 3. The summed E-state index contributed by atoms with van der Waals surface area (Å²) in [6.45, 7) is 3.53. The van der Waals surface area contributed by atoms with Crippen LogP contribution in [0, 0.1) is 0 Å². The molecule has 0 aromatic heterocycles. The van der Waals surface area contributed by atoms with Gasteiger partial charge in [-0.2, -0.15) is 0 Å². The highest BCUT2D eigenvalue weighted by atomic mass is 16.5. The van der Waals surface area contributed by atoms with Crippen LogP contribution in [-0.4, -0.2) is 29.4 Å². The minimum absolute atomic E-state index is 0.0513. The van der Waals surface area contributed by atoms with E-state index in [0.717, 1.165) is 6.07 Å². The Bertz CT molecular complexity index is 398. The van der Waals surface area contributed by atoms with Crippen LogP contribution in [0.3, 0.4) is 0 Å². The standard InChI is InChI=1S/C11H14O5/c1-6(2)16-9-5-7(11(14)15-3)4-8(12)10(9)13/h4-6,12-13H,1-3H3. The lowest BCUT2D eigenvalue weighted by Crippen LogP contribution is -2.07. The van der Waals surface area contributed by atoms with Gasteiger partial charge in [0.05, 0.1) is 18.8 Å². The van der Waals surface area contributed by atoms with Crippen LogP contribution in [-0.2, 0) is 4.74 Å². The highest BCUT2D eigenvalue weighted by molar-refractivity contribution is 5.91. The summed E-state index contributed by atoms with van der Waals surface area (Å²) in [5.74, 6) is -1.36. The van der Waals surface area contributed by atoms with E-state index in [0.29, 0.717) is 0 Å². The molecule has 1 rings (SSSR count). The van der Waals surface area contributed by atoms with E-state index in [9.17, 15) is 15.0 Å². The summed E-state index contributed by atoms with van der Waals surface area (Å²) in [5, 5.41) is 18.9.